The molecule has 0 aromatic heterocycles. The minimum Gasteiger partial charge on any atom is -0.322 e. The molecule has 124 valence electrons. The number of hydrogen-bond acceptors (Lipinski definition) is 1. The van der Waals surface area contributed by atoms with Gasteiger partial charge in [0.1, 0.15) is 0 Å². The highest BCUT2D eigenvalue weighted by molar-refractivity contribution is 6.37. The summed E-state index contributed by atoms with van der Waals surface area (Å²) in [6, 6.07) is 22.5. The maximum absolute atomic E-state index is 12.3. The van der Waals surface area contributed by atoms with Gasteiger partial charge in [-0.2, -0.15) is 0 Å². The molecule has 3 rings (SSSR count). The maximum Gasteiger partial charge on any atom is 0.257 e. The summed E-state index contributed by atoms with van der Waals surface area (Å²) >= 11 is 11.9. The summed E-state index contributed by atoms with van der Waals surface area (Å²) < 4.78 is 0. The lowest BCUT2D eigenvalue weighted by molar-refractivity contribution is 0.102. The number of benzene rings is 3. The number of amides is 1. The van der Waals surface area contributed by atoms with Crippen molar-refractivity contribution in [3.05, 3.63) is 99.5 Å². The van der Waals surface area contributed by atoms with Gasteiger partial charge in [-0.05, 0) is 41.5 Å². The van der Waals surface area contributed by atoms with E-state index in [4.69, 9.17) is 23.2 Å². The van der Waals surface area contributed by atoms with Crippen LogP contribution in [-0.2, 0) is 0 Å². The van der Waals surface area contributed by atoms with Crippen molar-refractivity contribution in [1.82, 2.24) is 0 Å². The summed E-state index contributed by atoms with van der Waals surface area (Å²) in [4.78, 5) is 12.3. The number of carbonyl (C=O) groups excluding carboxylic acids is 1. The van der Waals surface area contributed by atoms with Crippen LogP contribution in [0.25, 0.3) is 12.2 Å². The first-order valence-corrected chi connectivity index (χ1v) is 8.47. The molecular formula is C21H15Cl2NO. The van der Waals surface area contributed by atoms with Gasteiger partial charge in [-0.15, -0.1) is 0 Å². The van der Waals surface area contributed by atoms with E-state index in [0.717, 1.165) is 11.1 Å². The lowest BCUT2D eigenvalue weighted by Crippen LogP contribution is -2.12. The SMILES string of the molecule is O=C(Nc1ccc(C=Cc2ccccc2)cc1)c1ccc(Cl)cc1Cl. The zero-order valence-electron chi connectivity index (χ0n) is 13.2. The average Bonchev–Trinajstić information content (AvgIpc) is 2.62. The van der Waals surface area contributed by atoms with Crippen LogP contribution in [0.1, 0.15) is 21.5 Å². The van der Waals surface area contributed by atoms with Crippen LogP contribution >= 0.6 is 23.2 Å². The third kappa shape index (κ3) is 4.72. The van der Waals surface area contributed by atoms with E-state index in [2.05, 4.69) is 5.32 Å². The summed E-state index contributed by atoms with van der Waals surface area (Å²) in [6.07, 6.45) is 4.07. The Bertz CT molecular complexity index is 903. The number of hydrogen-bond donors (Lipinski definition) is 1. The fourth-order valence-corrected chi connectivity index (χ4v) is 2.80. The Labute approximate surface area is 156 Å². The molecule has 0 aliphatic carbocycles. The standard InChI is InChI=1S/C21H15Cl2NO/c22-17-10-13-19(20(23)14-17)21(25)24-18-11-8-16(9-12-18)7-6-15-4-2-1-3-5-15/h1-14H,(H,24,25). The van der Waals surface area contributed by atoms with Crippen LogP contribution in [0, 0.1) is 0 Å². The predicted molar refractivity (Wildman–Crippen MR) is 106 cm³/mol. The van der Waals surface area contributed by atoms with Crippen LogP contribution in [-0.4, -0.2) is 5.91 Å². The van der Waals surface area contributed by atoms with Gasteiger partial charge >= 0.3 is 0 Å². The summed E-state index contributed by atoms with van der Waals surface area (Å²) in [5.41, 5.74) is 3.27. The van der Waals surface area contributed by atoms with Crippen LogP contribution in [0.2, 0.25) is 10.0 Å². The lowest BCUT2D eigenvalue weighted by Gasteiger charge is -2.07. The molecule has 0 aliphatic heterocycles. The summed E-state index contributed by atoms with van der Waals surface area (Å²) in [5, 5.41) is 3.65. The van der Waals surface area contributed by atoms with Crippen LogP contribution in [0.15, 0.2) is 72.8 Å². The van der Waals surface area contributed by atoms with E-state index in [0.29, 0.717) is 21.3 Å². The second kappa shape index (κ2) is 8.02. The van der Waals surface area contributed by atoms with Gasteiger partial charge in [-0.25, -0.2) is 0 Å². The van der Waals surface area contributed by atoms with Gasteiger partial charge in [0.05, 0.1) is 10.6 Å². The van der Waals surface area contributed by atoms with Gasteiger partial charge in [0, 0.05) is 10.7 Å². The first kappa shape index (κ1) is 17.3. The zero-order chi connectivity index (χ0) is 17.6. The molecule has 0 heterocycles. The Morgan fingerprint density at radius 2 is 1.44 bits per heavy atom. The van der Waals surface area contributed by atoms with E-state index in [9.17, 15) is 4.79 Å². The number of anilines is 1. The van der Waals surface area contributed by atoms with Crippen molar-refractivity contribution in [1.29, 1.82) is 0 Å². The van der Waals surface area contributed by atoms with Gasteiger partial charge < -0.3 is 5.32 Å². The van der Waals surface area contributed by atoms with Crippen molar-refractivity contribution in [3.63, 3.8) is 0 Å². The van der Waals surface area contributed by atoms with Crippen LogP contribution in [0.4, 0.5) is 5.69 Å². The van der Waals surface area contributed by atoms with Crippen molar-refractivity contribution < 1.29 is 4.79 Å². The second-order valence-corrected chi connectivity index (χ2v) is 6.29. The highest BCUT2D eigenvalue weighted by atomic mass is 35.5. The van der Waals surface area contributed by atoms with Crippen LogP contribution in [0.5, 0.6) is 0 Å². The molecule has 4 heteroatoms. The van der Waals surface area contributed by atoms with E-state index in [-0.39, 0.29) is 5.91 Å². The average molecular weight is 368 g/mol. The van der Waals surface area contributed by atoms with Crippen LogP contribution < -0.4 is 5.32 Å². The Kier molecular flexibility index (Phi) is 5.54. The molecule has 1 N–H and O–H groups in total. The zero-order valence-corrected chi connectivity index (χ0v) is 14.8. The van der Waals surface area contributed by atoms with Crippen molar-refractivity contribution in [3.8, 4) is 0 Å². The number of carbonyl (C=O) groups is 1. The highest BCUT2D eigenvalue weighted by Crippen LogP contribution is 2.22. The number of rotatable bonds is 4. The molecule has 0 unspecified atom stereocenters. The van der Waals surface area contributed by atoms with E-state index in [1.54, 1.807) is 18.2 Å². The van der Waals surface area contributed by atoms with E-state index < -0.39 is 0 Å². The molecule has 25 heavy (non-hydrogen) atoms. The molecule has 0 spiro atoms. The Balaban J connectivity index is 1.68. The second-order valence-electron chi connectivity index (χ2n) is 5.44. The van der Waals surface area contributed by atoms with Gasteiger partial charge in [0.2, 0.25) is 0 Å². The quantitative estimate of drug-likeness (QED) is 0.529. The minimum atomic E-state index is -0.269. The molecule has 0 saturated heterocycles. The first-order chi connectivity index (χ1) is 12.1. The van der Waals surface area contributed by atoms with Gasteiger partial charge in [-0.3, -0.25) is 4.79 Å². The van der Waals surface area contributed by atoms with Gasteiger partial charge in [-0.1, -0.05) is 77.8 Å². The van der Waals surface area contributed by atoms with Crippen molar-refractivity contribution in [2.45, 2.75) is 0 Å². The maximum atomic E-state index is 12.3. The molecule has 0 saturated carbocycles. The predicted octanol–water partition coefficient (Wildman–Crippen LogP) is 6.42. The monoisotopic (exact) mass is 367 g/mol. The molecule has 3 aromatic rings. The minimum absolute atomic E-state index is 0.269. The molecule has 0 atom stereocenters. The third-order valence-corrected chi connectivity index (χ3v) is 4.16. The molecule has 0 fully saturated rings. The smallest absolute Gasteiger partial charge is 0.257 e. The molecule has 1 amide bonds. The van der Waals surface area contributed by atoms with Crippen molar-refractivity contribution in [2.75, 3.05) is 5.32 Å². The van der Waals surface area contributed by atoms with Gasteiger partial charge in [0.15, 0.2) is 0 Å². The Morgan fingerprint density at radius 3 is 2.08 bits per heavy atom. The largest absolute Gasteiger partial charge is 0.322 e. The normalized spacial score (nSPS) is 10.8. The van der Waals surface area contributed by atoms with E-state index >= 15 is 0 Å². The summed E-state index contributed by atoms with van der Waals surface area (Å²) in [6.45, 7) is 0. The Morgan fingerprint density at radius 1 is 0.800 bits per heavy atom. The molecule has 2 nitrogen and oxygen atoms in total. The number of halogens is 2. The third-order valence-electron chi connectivity index (χ3n) is 3.61. The highest BCUT2D eigenvalue weighted by Gasteiger charge is 2.10. The molecule has 0 radical (unpaired) electrons. The van der Waals surface area contributed by atoms with Crippen LogP contribution in [0.3, 0.4) is 0 Å². The Hall–Kier alpha value is -2.55. The van der Waals surface area contributed by atoms with E-state index in [1.165, 1.54) is 0 Å². The number of nitrogens with one attached hydrogen (secondary N) is 1. The molecule has 0 aliphatic rings. The first-order valence-electron chi connectivity index (χ1n) is 7.71. The lowest BCUT2D eigenvalue weighted by atomic mass is 10.1. The van der Waals surface area contributed by atoms with Crippen molar-refractivity contribution >= 4 is 46.9 Å². The molecular weight excluding hydrogens is 353 g/mol. The summed E-state index contributed by atoms with van der Waals surface area (Å²) in [5.74, 6) is -0.269. The van der Waals surface area contributed by atoms with Gasteiger partial charge in [0.25, 0.3) is 5.91 Å². The van der Waals surface area contributed by atoms with E-state index in [1.807, 2.05) is 66.7 Å². The summed E-state index contributed by atoms with van der Waals surface area (Å²) in [7, 11) is 0. The molecule has 0 bridgehead atoms. The fourth-order valence-electron chi connectivity index (χ4n) is 2.31. The topological polar surface area (TPSA) is 29.1 Å². The molecule has 3 aromatic carbocycles. The van der Waals surface area contributed by atoms with Crippen molar-refractivity contribution in [2.24, 2.45) is 0 Å². The fraction of sp³-hybridized carbons (Fsp3) is 0.